The number of phenols is 2. The minimum absolute atomic E-state index is 0.0162. The number of halogens is 1. The van der Waals surface area contributed by atoms with E-state index >= 15 is 0 Å². The minimum Gasteiger partial charge on any atom is -0.506 e. The number of hydrogen-bond donors (Lipinski definition) is 3. The van der Waals surface area contributed by atoms with Crippen molar-refractivity contribution in [1.82, 2.24) is 0 Å². The fraction of sp³-hybridized carbons (Fsp3) is 0. The molecule has 0 heterocycles. The molecule has 0 aromatic heterocycles. The Kier molecular flexibility index (Phi) is 3.39. The van der Waals surface area contributed by atoms with Crippen molar-refractivity contribution < 1.29 is 15.0 Å². The number of nitrogens with one attached hydrogen (secondary N) is 1. The van der Waals surface area contributed by atoms with Gasteiger partial charge in [0.1, 0.15) is 17.2 Å². The number of anilines is 1. The van der Waals surface area contributed by atoms with E-state index in [1.807, 2.05) is 0 Å². The summed E-state index contributed by atoms with van der Waals surface area (Å²) in [6.45, 7) is 0. The Bertz CT molecular complexity index is 561. The van der Waals surface area contributed by atoms with Gasteiger partial charge in [-0.25, -0.2) is 0 Å². The van der Waals surface area contributed by atoms with Gasteiger partial charge in [-0.1, -0.05) is 17.7 Å². The lowest BCUT2D eigenvalue weighted by molar-refractivity contribution is 0.102. The zero-order valence-electron chi connectivity index (χ0n) is 9.22. The largest absolute Gasteiger partial charge is 0.506 e. The summed E-state index contributed by atoms with van der Waals surface area (Å²) < 4.78 is 0. The third-order valence-electron chi connectivity index (χ3n) is 2.37. The van der Waals surface area contributed by atoms with Crippen molar-refractivity contribution >= 4 is 23.2 Å². The van der Waals surface area contributed by atoms with Crippen molar-refractivity contribution in [2.45, 2.75) is 0 Å². The molecule has 3 N–H and O–H groups in total. The molecule has 2 aromatic rings. The van der Waals surface area contributed by atoms with Crippen molar-refractivity contribution in [3.8, 4) is 11.5 Å². The fourth-order valence-corrected chi connectivity index (χ4v) is 1.57. The van der Waals surface area contributed by atoms with E-state index in [0.29, 0.717) is 10.6 Å². The van der Waals surface area contributed by atoms with Crippen molar-refractivity contribution in [3.05, 3.63) is 53.1 Å². The summed E-state index contributed by atoms with van der Waals surface area (Å²) in [5, 5.41) is 22.0. The van der Waals surface area contributed by atoms with Crippen LogP contribution in [0.2, 0.25) is 5.02 Å². The molecular weight excluding hydrogens is 254 g/mol. The number of hydrogen-bond acceptors (Lipinski definition) is 3. The molecule has 2 rings (SSSR count). The number of amides is 1. The third-order valence-corrected chi connectivity index (χ3v) is 2.62. The smallest absolute Gasteiger partial charge is 0.255 e. The highest BCUT2D eigenvalue weighted by Gasteiger charge is 2.12. The van der Waals surface area contributed by atoms with Crippen LogP contribution >= 0.6 is 11.6 Å². The fourth-order valence-electron chi connectivity index (χ4n) is 1.44. The van der Waals surface area contributed by atoms with Crippen LogP contribution in [0.3, 0.4) is 0 Å². The van der Waals surface area contributed by atoms with Gasteiger partial charge in [0.25, 0.3) is 5.91 Å². The van der Waals surface area contributed by atoms with Gasteiger partial charge in [0.05, 0.1) is 0 Å². The molecule has 0 aliphatic heterocycles. The van der Waals surface area contributed by atoms with Crippen molar-refractivity contribution in [1.29, 1.82) is 0 Å². The molecule has 0 bridgehead atoms. The van der Waals surface area contributed by atoms with Crippen LogP contribution in [0, 0.1) is 0 Å². The van der Waals surface area contributed by atoms with Gasteiger partial charge in [-0.3, -0.25) is 4.79 Å². The van der Waals surface area contributed by atoms with Gasteiger partial charge in [-0.2, -0.15) is 0 Å². The molecule has 0 atom stereocenters. The van der Waals surface area contributed by atoms with E-state index in [1.54, 1.807) is 24.3 Å². The maximum Gasteiger partial charge on any atom is 0.255 e. The molecule has 0 spiro atoms. The zero-order chi connectivity index (χ0) is 13.1. The second kappa shape index (κ2) is 4.98. The van der Waals surface area contributed by atoms with Crippen molar-refractivity contribution in [3.63, 3.8) is 0 Å². The number of aromatic hydroxyl groups is 2. The van der Waals surface area contributed by atoms with Crippen molar-refractivity contribution in [2.75, 3.05) is 5.32 Å². The molecule has 0 aliphatic rings. The highest BCUT2D eigenvalue weighted by molar-refractivity contribution is 6.30. The van der Waals surface area contributed by atoms with E-state index in [9.17, 15) is 15.0 Å². The molecule has 0 aliphatic carbocycles. The highest BCUT2D eigenvalue weighted by Crippen LogP contribution is 2.32. The van der Waals surface area contributed by atoms with Crippen LogP contribution in [0.1, 0.15) is 10.4 Å². The van der Waals surface area contributed by atoms with Crippen LogP contribution in [0.4, 0.5) is 5.69 Å². The summed E-state index contributed by atoms with van der Waals surface area (Å²) in [5.74, 6) is -0.835. The van der Waals surface area contributed by atoms with Crippen molar-refractivity contribution in [2.24, 2.45) is 0 Å². The minimum atomic E-state index is -0.441. The number of benzene rings is 2. The molecule has 4 nitrogen and oxygen atoms in total. The third kappa shape index (κ3) is 2.55. The van der Waals surface area contributed by atoms with E-state index < -0.39 is 5.91 Å². The predicted octanol–water partition coefficient (Wildman–Crippen LogP) is 3.00. The molecule has 1 amide bonds. The zero-order valence-corrected chi connectivity index (χ0v) is 9.98. The van der Waals surface area contributed by atoms with Crippen LogP contribution < -0.4 is 5.32 Å². The highest BCUT2D eigenvalue weighted by atomic mass is 35.5. The Balaban J connectivity index is 2.24. The number of rotatable bonds is 2. The molecule has 0 saturated heterocycles. The summed E-state index contributed by atoms with van der Waals surface area (Å²) in [5.41, 5.74) is 0.361. The normalized spacial score (nSPS) is 10.1. The van der Waals surface area contributed by atoms with Crippen LogP contribution in [-0.4, -0.2) is 16.1 Å². The maximum atomic E-state index is 11.9. The number of phenolic OH excluding ortho intramolecular Hbond substituents is 2. The molecule has 0 unspecified atom stereocenters. The topological polar surface area (TPSA) is 69.6 Å². The Morgan fingerprint density at radius 1 is 1.00 bits per heavy atom. The molecule has 0 radical (unpaired) electrons. The molecule has 2 aromatic carbocycles. The predicted molar refractivity (Wildman–Crippen MR) is 69.2 cm³/mol. The summed E-state index contributed by atoms with van der Waals surface area (Å²) >= 11 is 5.72. The van der Waals surface area contributed by atoms with E-state index in [0.717, 1.165) is 0 Å². The second-order valence-electron chi connectivity index (χ2n) is 3.63. The number of para-hydroxylation sites is 1. The summed E-state index contributed by atoms with van der Waals surface area (Å²) in [6.07, 6.45) is 0. The Hall–Kier alpha value is -2.20. The molecule has 18 heavy (non-hydrogen) atoms. The SMILES string of the molecule is O=C(Nc1c(O)cccc1O)c1ccc(Cl)cc1. The number of carbonyl (C=O) groups excluding carboxylic acids is 1. The van der Waals surface area contributed by atoms with E-state index in [2.05, 4.69) is 5.32 Å². The average molecular weight is 264 g/mol. The molecular formula is C13H10ClNO3. The first-order valence-electron chi connectivity index (χ1n) is 5.16. The molecule has 5 heteroatoms. The summed E-state index contributed by atoms with van der Waals surface area (Å²) in [6, 6.07) is 10.5. The standard InChI is InChI=1S/C13H10ClNO3/c14-9-6-4-8(5-7-9)13(18)15-12-10(16)2-1-3-11(12)17/h1-7,16-17H,(H,15,18). The number of carbonyl (C=O) groups is 1. The van der Waals surface area contributed by atoms with Gasteiger partial charge in [0.15, 0.2) is 0 Å². The maximum absolute atomic E-state index is 11.9. The van der Waals surface area contributed by atoms with Gasteiger partial charge >= 0.3 is 0 Å². The second-order valence-corrected chi connectivity index (χ2v) is 4.07. The van der Waals surface area contributed by atoms with E-state index in [1.165, 1.54) is 18.2 Å². The molecule has 0 fully saturated rings. The Morgan fingerprint density at radius 2 is 1.56 bits per heavy atom. The Morgan fingerprint density at radius 3 is 2.11 bits per heavy atom. The lowest BCUT2D eigenvalue weighted by atomic mass is 10.2. The first kappa shape index (κ1) is 12.3. The van der Waals surface area contributed by atoms with Gasteiger partial charge in [0.2, 0.25) is 0 Å². The van der Waals surface area contributed by atoms with Crippen LogP contribution in [-0.2, 0) is 0 Å². The van der Waals surface area contributed by atoms with Gasteiger partial charge in [-0.05, 0) is 36.4 Å². The van der Waals surface area contributed by atoms with Gasteiger partial charge in [0, 0.05) is 10.6 Å². The van der Waals surface area contributed by atoms with Crippen LogP contribution in [0.5, 0.6) is 11.5 Å². The lowest BCUT2D eigenvalue weighted by Crippen LogP contribution is -2.11. The van der Waals surface area contributed by atoms with Gasteiger partial charge in [-0.15, -0.1) is 0 Å². The van der Waals surface area contributed by atoms with Crippen LogP contribution in [0.15, 0.2) is 42.5 Å². The summed E-state index contributed by atoms with van der Waals surface area (Å²) in [4.78, 5) is 11.9. The first-order valence-corrected chi connectivity index (χ1v) is 5.53. The molecule has 0 saturated carbocycles. The first-order chi connectivity index (χ1) is 8.58. The van der Waals surface area contributed by atoms with E-state index in [4.69, 9.17) is 11.6 Å². The monoisotopic (exact) mass is 263 g/mol. The van der Waals surface area contributed by atoms with E-state index in [-0.39, 0.29) is 17.2 Å². The van der Waals surface area contributed by atoms with Gasteiger partial charge < -0.3 is 15.5 Å². The Labute approximate surface area is 108 Å². The van der Waals surface area contributed by atoms with Crippen LogP contribution in [0.25, 0.3) is 0 Å². The average Bonchev–Trinajstić information content (AvgIpc) is 2.34. The summed E-state index contributed by atoms with van der Waals surface area (Å²) in [7, 11) is 0. The molecule has 92 valence electrons. The lowest BCUT2D eigenvalue weighted by Gasteiger charge is -2.09. The quantitative estimate of drug-likeness (QED) is 0.730.